The van der Waals surface area contributed by atoms with Crippen LogP contribution in [-0.2, 0) is 9.31 Å². The number of rotatable bonds is 3. The Hall–Kier alpha value is -1.81. The van der Waals surface area contributed by atoms with E-state index in [-0.39, 0.29) is 6.54 Å². The molecule has 5 nitrogen and oxygen atoms in total. The van der Waals surface area contributed by atoms with Crippen LogP contribution in [0.3, 0.4) is 0 Å². The second kappa shape index (κ2) is 5.77. The van der Waals surface area contributed by atoms with E-state index >= 15 is 0 Å². The van der Waals surface area contributed by atoms with E-state index in [0.29, 0.717) is 11.3 Å². The Labute approximate surface area is 132 Å². The van der Waals surface area contributed by atoms with Crippen molar-refractivity contribution in [2.75, 3.05) is 12.3 Å². The molecule has 0 aliphatic carbocycles. The topological polar surface area (TPSA) is 94.3 Å². The Kier molecular flexibility index (Phi) is 4.34. The summed E-state index contributed by atoms with van der Waals surface area (Å²) < 4.78 is 12.0. The van der Waals surface area contributed by atoms with E-state index in [2.05, 4.69) is 6.07 Å². The molecule has 1 aromatic rings. The van der Waals surface area contributed by atoms with Gasteiger partial charge in [0.25, 0.3) is 0 Å². The van der Waals surface area contributed by atoms with Crippen molar-refractivity contribution in [1.82, 2.24) is 0 Å². The molecule has 0 atom stereocenters. The van der Waals surface area contributed by atoms with E-state index in [0.717, 1.165) is 11.0 Å². The van der Waals surface area contributed by atoms with Gasteiger partial charge < -0.3 is 20.8 Å². The first-order chi connectivity index (χ1) is 10.2. The van der Waals surface area contributed by atoms with Crippen LogP contribution in [0.1, 0.15) is 38.8 Å². The first kappa shape index (κ1) is 16.6. The first-order valence-electron chi connectivity index (χ1n) is 7.26. The average molecular weight is 299 g/mol. The summed E-state index contributed by atoms with van der Waals surface area (Å²) in [6, 6.07) is 7.34. The monoisotopic (exact) mass is 299 g/mol. The molecule has 1 fully saturated rings. The van der Waals surface area contributed by atoms with Crippen molar-refractivity contribution in [2.24, 2.45) is 5.73 Å². The number of benzene rings is 1. The molecular formula is C16H22BN3O2. The Morgan fingerprint density at radius 1 is 1.27 bits per heavy atom. The highest BCUT2D eigenvalue weighted by Crippen LogP contribution is 2.38. The zero-order chi connectivity index (χ0) is 16.5. The predicted molar refractivity (Wildman–Crippen MR) is 88.7 cm³/mol. The van der Waals surface area contributed by atoms with E-state index in [4.69, 9.17) is 20.8 Å². The summed E-state index contributed by atoms with van der Waals surface area (Å²) in [6.07, 6.45) is 1.85. The zero-order valence-electron chi connectivity index (χ0n) is 13.5. The molecule has 1 aliphatic heterocycles. The fourth-order valence-corrected chi connectivity index (χ4v) is 2.21. The minimum atomic E-state index is -0.515. The van der Waals surface area contributed by atoms with Gasteiger partial charge in [0.05, 0.1) is 22.8 Å². The lowest BCUT2D eigenvalue weighted by Crippen LogP contribution is -2.41. The summed E-state index contributed by atoms with van der Waals surface area (Å²) in [5.74, 6) is 0. The number of nitriles is 1. The molecule has 0 amide bonds. The molecule has 0 radical (unpaired) electrons. The highest BCUT2D eigenvalue weighted by molar-refractivity contribution is 6.55. The van der Waals surface area contributed by atoms with Crippen molar-refractivity contribution in [1.29, 1.82) is 5.26 Å². The van der Waals surface area contributed by atoms with Gasteiger partial charge >= 0.3 is 7.12 Å². The van der Waals surface area contributed by atoms with Gasteiger partial charge in [-0.1, -0.05) is 12.1 Å². The molecule has 1 heterocycles. The zero-order valence-corrected chi connectivity index (χ0v) is 13.5. The van der Waals surface area contributed by atoms with Gasteiger partial charge in [0.2, 0.25) is 0 Å². The number of anilines is 1. The van der Waals surface area contributed by atoms with Crippen molar-refractivity contribution in [3.05, 3.63) is 34.8 Å². The molecule has 1 aliphatic rings. The Balaban J connectivity index is 2.36. The average Bonchev–Trinajstić information content (AvgIpc) is 2.65. The number of nitrogens with zero attached hydrogens (tertiary/aromatic N) is 1. The highest BCUT2D eigenvalue weighted by Gasteiger charge is 2.52. The summed E-state index contributed by atoms with van der Waals surface area (Å²) in [5, 5.41) is 9.23. The van der Waals surface area contributed by atoms with E-state index < -0.39 is 18.3 Å². The summed E-state index contributed by atoms with van der Waals surface area (Å²) in [6.45, 7) is 8.25. The number of hydrogen-bond acceptors (Lipinski definition) is 5. The van der Waals surface area contributed by atoms with Gasteiger partial charge in [-0.15, -0.1) is 0 Å². The van der Waals surface area contributed by atoms with E-state index in [9.17, 15) is 5.26 Å². The Morgan fingerprint density at radius 3 is 2.36 bits per heavy atom. The summed E-state index contributed by atoms with van der Waals surface area (Å²) >= 11 is 0. The minimum Gasteiger partial charge on any atom is -0.400 e. The molecule has 1 saturated heterocycles. The lowest BCUT2D eigenvalue weighted by atomic mass is 9.77. The summed E-state index contributed by atoms with van der Waals surface area (Å²) in [7, 11) is -0.515. The second-order valence-electron chi connectivity index (χ2n) is 6.47. The van der Waals surface area contributed by atoms with Crippen LogP contribution >= 0.6 is 0 Å². The lowest BCUT2D eigenvalue weighted by molar-refractivity contribution is 0.00578. The van der Waals surface area contributed by atoms with Crippen LogP contribution in [0.15, 0.2) is 23.7 Å². The molecule has 4 N–H and O–H groups in total. The lowest BCUT2D eigenvalue weighted by Gasteiger charge is -2.32. The molecule has 116 valence electrons. The van der Waals surface area contributed by atoms with Gasteiger partial charge in [-0.2, -0.15) is 5.26 Å². The Morgan fingerprint density at radius 2 is 1.86 bits per heavy atom. The number of nitrogens with two attached hydrogens (primary N) is 2. The van der Waals surface area contributed by atoms with Gasteiger partial charge in [0.15, 0.2) is 0 Å². The van der Waals surface area contributed by atoms with Crippen LogP contribution in [0.2, 0.25) is 0 Å². The molecule has 0 unspecified atom stereocenters. The summed E-state index contributed by atoms with van der Waals surface area (Å²) in [5.41, 5.74) is 13.3. The van der Waals surface area contributed by atoms with Crippen LogP contribution < -0.4 is 11.5 Å². The third kappa shape index (κ3) is 3.02. The largest absolute Gasteiger partial charge is 0.491 e. The van der Waals surface area contributed by atoms with Gasteiger partial charge in [0.1, 0.15) is 0 Å². The summed E-state index contributed by atoms with van der Waals surface area (Å²) in [4.78, 5) is 0. The van der Waals surface area contributed by atoms with Crippen LogP contribution in [0, 0.1) is 11.3 Å². The van der Waals surface area contributed by atoms with E-state index in [1.165, 1.54) is 0 Å². The Bertz CT molecular complexity index is 631. The van der Waals surface area contributed by atoms with E-state index in [1.807, 2.05) is 33.8 Å². The highest BCUT2D eigenvalue weighted by atomic mass is 16.7. The SMILES string of the molecule is CC1(C)OB(C(=Cc2ccc(N)cc2C#N)CN)OC1(C)C. The smallest absolute Gasteiger partial charge is 0.400 e. The number of hydrogen-bond donors (Lipinski definition) is 2. The van der Waals surface area contributed by atoms with Crippen LogP contribution in [0.5, 0.6) is 0 Å². The molecular weight excluding hydrogens is 277 g/mol. The van der Waals surface area contributed by atoms with Gasteiger partial charge in [-0.3, -0.25) is 0 Å². The third-order valence-electron chi connectivity index (χ3n) is 4.33. The maximum Gasteiger partial charge on any atom is 0.491 e. The normalized spacial score (nSPS) is 20.0. The quantitative estimate of drug-likeness (QED) is 0.658. The standard InChI is InChI=1S/C16H22BN3O2/c1-15(2)16(3,4)22-17(21-15)13(10-19)7-11-5-6-14(20)8-12(11)9-18/h5-8H,10,19-20H2,1-4H3. The molecule has 2 rings (SSSR count). The fraction of sp³-hybridized carbons (Fsp3) is 0.438. The van der Waals surface area contributed by atoms with Crippen molar-refractivity contribution in [3.8, 4) is 6.07 Å². The number of nitrogen functional groups attached to an aromatic ring is 1. The molecule has 0 aromatic heterocycles. The second-order valence-corrected chi connectivity index (χ2v) is 6.47. The van der Waals surface area contributed by atoms with Crippen LogP contribution in [0.4, 0.5) is 5.69 Å². The molecule has 0 spiro atoms. The van der Waals surface area contributed by atoms with Gasteiger partial charge in [-0.25, -0.2) is 0 Å². The van der Waals surface area contributed by atoms with Crippen molar-refractivity contribution < 1.29 is 9.31 Å². The maximum atomic E-state index is 9.23. The van der Waals surface area contributed by atoms with Gasteiger partial charge in [0, 0.05) is 12.2 Å². The third-order valence-corrected chi connectivity index (χ3v) is 4.33. The van der Waals surface area contributed by atoms with Crippen molar-refractivity contribution in [2.45, 2.75) is 38.9 Å². The molecule has 22 heavy (non-hydrogen) atoms. The first-order valence-corrected chi connectivity index (χ1v) is 7.26. The van der Waals surface area contributed by atoms with Gasteiger partial charge in [-0.05, 0) is 50.9 Å². The molecule has 6 heteroatoms. The minimum absolute atomic E-state index is 0.284. The molecule has 0 saturated carbocycles. The van der Waals surface area contributed by atoms with Crippen molar-refractivity contribution in [3.63, 3.8) is 0 Å². The molecule has 0 bridgehead atoms. The molecule has 1 aromatic carbocycles. The van der Waals surface area contributed by atoms with Crippen LogP contribution in [0.25, 0.3) is 6.08 Å². The van der Waals surface area contributed by atoms with Crippen LogP contribution in [-0.4, -0.2) is 24.9 Å². The fourth-order valence-electron chi connectivity index (χ4n) is 2.21. The predicted octanol–water partition coefficient (Wildman–Crippen LogP) is 2.11. The van der Waals surface area contributed by atoms with E-state index in [1.54, 1.807) is 18.2 Å². The van der Waals surface area contributed by atoms with Crippen molar-refractivity contribution >= 4 is 18.9 Å². The maximum absolute atomic E-state index is 9.23.